The normalized spacial score (nSPS) is 19.9. The van der Waals surface area contributed by atoms with Crippen molar-refractivity contribution in [1.29, 1.82) is 0 Å². The van der Waals surface area contributed by atoms with Crippen LogP contribution >= 0.6 is 11.3 Å². The van der Waals surface area contributed by atoms with Gasteiger partial charge in [0.25, 0.3) is 5.56 Å². The van der Waals surface area contributed by atoms with Crippen LogP contribution in [0.4, 0.5) is 0 Å². The molecule has 2 heterocycles. The number of benzene rings is 1. The molecule has 144 valence electrons. The van der Waals surface area contributed by atoms with Crippen molar-refractivity contribution in [3.8, 4) is 5.75 Å². The molecule has 1 aromatic carbocycles. The van der Waals surface area contributed by atoms with Gasteiger partial charge in [-0.25, -0.2) is 9.78 Å². The number of pyridine rings is 1. The molecule has 2 aliphatic rings. The lowest BCUT2D eigenvalue weighted by atomic mass is 9.93. The van der Waals surface area contributed by atoms with Crippen molar-refractivity contribution >= 4 is 27.5 Å². The number of fused-ring (bicyclic) bond motifs is 6. The first-order valence-corrected chi connectivity index (χ1v) is 10.4. The molecular weight excluding hydrogens is 376 g/mol. The molecule has 2 unspecified atom stereocenters. The molecule has 3 aromatic rings. The van der Waals surface area contributed by atoms with E-state index in [4.69, 9.17) is 4.74 Å². The fourth-order valence-electron chi connectivity index (χ4n) is 4.75. The fourth-order valence-corrected chi connectivity index (χ4v) is 5.71. The molecule has 2 bridgehead atoms. The minimum atomic E-state index is -0.756. The first-order chi connectivity index (χ1) is 13.6. The quantitative estimate of drug-likeness (QED) is 0.679. The third kappa shape index (κ3) is 2.49. The molecule has 1 N–H and O–H groups in total. The number of rotatable bonds is 4. The number of hydrogen-bond donors (Lipinski definition) is 1. The Morgan fingerprint density at radius 3 is 2.89 bits per heavy atom. The molecule has 0 radical (unpaired) electrons. The highest BCUT2D eigenvalue weighted by Gasteiger charge is 2.43. The summed E-state index contributed by atoms with van der Waals surface area (Å²) in [6.45, 7) is 2.14. The zero-order chi connectivity index (χ0) is 19.4. The van der Waals surface area contributed by atoms with E-state index in [0.717, 1.165) is 45.7 Å². The second kappa shape index (κ2) is 6.44. The van der Waals surface area contributed by atoms with Crippen molar-refractivity contribution in [2.75, 3.05) is 6.61 Å². The summed E-state index contributed by atoms with van der Waals surface area (Å²) in [5.74, 6) is -0.473. The number of hydrogen-bond acceptors (Lipinski definition) is 6. The van der Waals surface area contributed by atoms with Crippen LogP contribution in [0.1, 0.15) is 64.6 Å². The molecule has 1 saturated carbocycles. The Hall–Kier alpha value is -2.67. The highest BCUT2D eigenvalue weighted by Crippen LogP contribution is 2.55. The number of thiazole rings is 1. The Morgan fingerprint density at radius 1 is 1.32 bits per heavy atom. The topological polar surface area (TPSA) is 81.4 Å². The molecule has 1 fully saturated rings. The molecule has 0 aliphatic heterocycles. The minimum absolute atomic E-state index is 0.152. The van der Waals surface area contributed by atoms with Gasteiger partial charge in [0.1, 0.15) is 10.8 Å². The van der Waals surface area contributed by atoms with E-state index >= 15 is 0 Å². The van der Waals surface area contributed by atoms with E-state index in [1.165, 1.54) is 0 Å². The second-order valence-electron chi connectivity index (χ2n) is 7.42. The van der Waals surface area contributed by atoms with E-state index in [-0.39, 0.29) is 29.8 Å². The minimum Gasteiger partial charge on any atom is -0.506 e. The number of aromatic nitrogens is 2. The Balaban J connectivity index is 1.69. The van der Waals surface area contributed by atoms with Crippen molar-refractivity contribution in [1.82, 2.24) is 9.55 Å². The van der Waals surface area contributed by atoms with E-state index in [2.05, 4.69) is 4.98 Å². The summed E-state index contributed by atoms with van der Waals surface area (Å²) in [5.41, 5.74) is 1.82. The molecule has 0 saturated heterocycles. The van der Waals surface area contributed by atoms with E-state index < -0.39 is 11.5 Å². The summed E-state index contributed by atoms with van der Waals surface area (Å²) in [4.78, 5) is 30.3. The van der Waals surface area contributed by atoms with Crippen molar-refractivity contribution in [2.45, 2.75) is 44.6 Å². The fraction of sp³-hybridized carbons (Fsp3) is 0.381. The highest BCUT2D eigenvalue weighted by molar-refractivity contribution is 7.18. The average Bonchev–Trinajstić information content (AvgIpc) is 3.39. The van der Waals surface area contributed by atoms with Crippen LogP contribution in [0.3, 0.4) is 0 Å². The van der Waals surface area contributed by atoms with Gasteiger partial charge in [-0.2, -0.15) is 0 Å². The summed E-state index contributed by atoms with van der Waals surface area (Å²) < 4.78 is 7.78. The van der Waals surface area contributed by atoms with Crippen LogP contribution in [0.25, 0.3) is 10.2 Å². The van der Waals surface area contributed by atoms with Gasteiger partial charge in [-0.15, -0.1) is 11.3 Å². The number of para-hydroxylation sites is 1. The molecular formula is C21H20N2O4S. The summed E-state index contributed by atoms with van der Waals surface area (Å²) in [7, 11) is 0. The highest BCUT2D eigenvalue weighted by atomic mass is 32.1. The predicted octanol–water partition coefficient (Wildman–Crippen LogP) is 3.75. The Kier molecular flexibility index (Phi) is 4.01. The Labute approximate surface area is 165 Å². The number of ether oxygens (including phenoxy) is 1. The number of carbonyl (C=O) groups excluding carboxylic acids is 1. The van der Waals surface area contributed by atoms with Gasteiger partial charge in [0.05, 0.1) is 23.4 Å². The van der Waals surface area contributed by atoms with Gasteiger partial charge in [-0.3, -0.25) is 4.79 Å². The number of aromatic hydroxyl groups is 1. The van der Waals surface area contributed by atoms with Crippen LogP contribution in [0.2, 0.25) is 0 Å². The Morgan fingerprint density at radius 2 is 2.11 bits per heavy atom. The molecule has 0 amide bonds. The molecule has 2 atom stereocenters. The number of esters is 1. The maximum Gasteiger partial charge on any atom is 0.347 e. The van der Waals surface area contributed by atoms with Gasteiger partial charge in [0.2, 0.25) is 0 Å². The Bertz CT molecular complexity index is 1130. The van der Waals surface area contributed by atoms with Gasteiger partial charge in [-0.1, -0.05) is 12.1 Å². The zero-order valence-electron chi connectivity index (χ0n) is 15.5. The van der Waals surface area contributed by atoms with E-state index in [0.29, 0.717) is 6.54 Å². The molecule has 7 heteroatoms. The molecule has 6 nitrogen and oxygen atoms in total. The van der Waals surface area contributed by atoms with Crippen LogP contribution in [-0.2, 0) is 11.3 Å². The third-order valence-corrected chi connectivity index (χ3v) is 6.88. The molecule has 5 rings (SSSR count). The maximum absolute atomic E-state index is 13.2. The monoisotopic (exact) mass is 396 g/mol. The van der Waals surface area contributed by atoms with Gasteiger partial charge in [0, 0.05) is 17.2 Å². The smallest absolute Gasteiger partial charge is 0.347 e. The van der Waals surface area contributed by atoms with Crippen LogP contribution < -0.4 is 5.56 Å². The van der Waals surface area contributed by atoms with Crippen LogP contribution in [0.15, 0.2) is 29.1 Å². The van der Waals surface area contributed by atoms with Crippen molar-refractivity contribution in [2.24, 2.45) is 0 Å². The van der Waals surface area contributed by atoms with Crippen LogP contribution in [0, 0.1) is 0 Å². The maximum atomic E-state index is 13.2. The van der Waals surface area contributed by atoms with Gasteiger partial charge < -0.3 is 14.4 Å². The lowest BCUT2D eigenvalue weighted by Gasteiger charge is -2.22. The van der Waals surface area contributed by atoms with Gasteiger partial charge >= 0.3 is 5.97 Å². The van der Waals surface area contributed by atoms with Gasteiger partial charge in [0.15, 0.2) is 5.56 Å². The summed E-state index contributed by atoms with van der Waals surface area (Å²) in [5, 5.41) is 11.6. The molecule has 0 spiro atoms. The number of carbonyl (C=O) groups is 1. The van der Waals surface area contributed by atoms with Crippen LogP contribution in [-0.4, -0.2) is 27.2 Å². The van der Waals surface area contributed by atoms with Crippen LogP contribution in [0.5, 0.6) is 5.75 Å². The first-order valence-electron chi connectivity index (χ1n) is 9.59. The number of nitrogens with zero attached hydrogens (tertiary/aromatic N) is 2. The third-order valence-electron chi connectivity index (χ3n) is 5.86. The van der Waals surface area contributed by atoms with Gasteiger partial charge in [-0.05, 0) is 44.2 Å². The van der Waals surface area contributed by atoms with E-state index in [1.54, 1.807) is 22.8 Å². The standard InChI is InChI=1S/C21H20N2O4S/c1-2-27-21(26)17-19(24)16-11-7-8-12(9-11)18(16)23(20(17)25)10-15-22-13-5-3-4-6-14(13)28-15/h3-6,11-12,24H,2,7-10H2,1H3. The summed E-state index contributed by atoms with van der Waals surface area (Å²) >= 11 is 1.55. The second-order valence-corrected chi connectivity index (χ2v) is 8.53. The lowest BCUT2D eigenvalue weighted by molar-refractivity contribution is 0.0519. The predicted molar refractivity (Wildman–Crippen MR) is 106 cm³/mol. The zero-order valence-corrected chi connectivity index (χ0v) is 16.3. The van der Waals surface area contributed by atoms with Crippen molar-refractivity contribution in [3.05, 3.63) is 56.4 Å². The first kappa shape index (κ1) is 17.4. The van der Waals surface area contributed by atoms with Crippen molar-refractivity contribution in [3.63, 3.8) is 0 Å². The van der Waals surface area contributed by atoms with E-state index in [9.17, 15) is 14.7 Å². The van der Waals surface area contributed by atoms with Crippen molar-refractivity contribution < 1.29 is 14.6 Å². The summed E-state index contributed by atoms with van der Waals surface area (Å²) in [6.07, 6.45) is 2.91. The van der Waals surface area contributed by atoms with E-state index in [1.807, 2.05) is 24.3 Å². The average molecular weight is 396 g/mol. The molecule has 2 aromatic heterocycles. The SMILES string of the molecule is CCOC(=O)c1c(O)c2c(n(Cc3nc4ccccc4s3)c1=O)C1CCC2C1. The lowest BCUT2D eigenvalue weighted by Crippen LogP contribution is -2.32. The largest absolute Gasteiger partial charge is 0.506 e. The summed E-state index contributed by atoms with van der Waals surface area (Å²) in [6, 6.07) is 7.86. The molecule has 2 aliphatic carbocycles. The molecule has 28 heavy (non-hydrogen) atoms.